The maximum absolute atomic E-state index is 13.0. The maximum atomic E-state index is 13.0. The molecule has 0 aromatic heterocycles. The van der Waals surface area contributed by atoms with Crippen molar-refractivity contribution in [1.29, 1.82) is 0 Å². The summed E-state index contributed by atoms with van der Waals surface area (Å²) in [7, 11) is 0.625. The summed E-state index contributed by atoms with van der Waals surface area (Å²) in [5.41, 5.74) is 4.46. The van der Waals surface area contributed by atoms with Gasteiger partial charge in [0.2, 0.25) is 11.8 Å². The second-order valence-electron chi connectivity index (χ2n) is 10.1. The van der Waals surface area contributed by atoms with E-state index in [9.17, 15) is 19.7 Å². The lowest BCUT2D eigenvalue weighted by Crippen LogP contribution is -2.46. The highest BCUT2D eigenvalue weighted by atomic mass is 35.5. The van der Waals surface area contributed by atoms with Crippen LogP contribution in [0.1, 0.15) is 64.4 Å². The summed E-state index contributed by atoms with van der Waals surface area (Å²) in [6.45, 7) is 4.25. The van der Waals surface area contributed by atoms with E-state index in [2.05, 4.69) is 19.9 Å². The number of phenols is 1. The number of amides is 2. The zero-order valence-electron chi connectivity index (χ0n) is 20.8. The molecule has 1 aromatic carbocycles. The third-order valence-electron chi connectivity index (χ3n) is 7.72. The first-order valence-corrected chi connectivity index (χ1v) is 13.2. The molecule has 0 radical (unpaired) electrons. The average Bonchev–Trinajstić information content (AvgIpc) is 3.03. The first-order valence-electron chi connectivity index (χ1n) is 12.8. The number of phenolic OH excluding ortho intramolecular Hbond substituents is 1. The van der Waals surface area contributed by atoms with Gasteiger partial charge >= 0.3 is 7.12 Å². The van der Waals surface area contributed by atoms with Gasteiger partial charge in [0.05, 0.1) is 23.0 Å². The molecule has 2 N–H and O–H groups in total. The fraction of sp³-hybridized carbons (Fsp3) is 0.556. The van der Waals surface area contributed by atoms with Crippen molar-refractivity contribution in [3.63, 3.8) is 0 Å². The highest BCUT2D eigenvalue weighted by Gasteiger charge is 2.56. The number of carbonyl (C=O) groups excluding carboxylic acids is 2. The van der Waals surface area contributed by atoms with Crippen LogP contribution >= 0.6 is 11.6 Å². The van der Waals surface area contributed by atoms with Crippen molar-refractivity contribution in [3.8, 4) is 5.75 Å². The Morgan fingerprint density at radius 3 is 2.66 bits per heavy atom. The van der Waals surface area contributed by atoms with E-state index in [0.717, 1.165) is 43.2 Å². The first-order chi connectivity index (χ1) is 16.7. The highest BCUT2D eigenvalue weighted by Crippen LogP contribution is 2.51. The van der Waals surface area contributed by atoms with Gasteiger partial charge in [-0.25, -0.2) is 0 Å². The van der Waals surface area contributed by atoms with Crippen molar-refractivity contribution in [2.75, 3.05) is 7.05 Å². The Morgan fingerprint density at radius 1 is 1.20 bits per heavy atom. The third-order valence-corrected chi connectivity index (χ3v) is 8.05. The van der Waals surface area contributed by atoms with Gasteiger partial charge in [-0.15, -0.1) is 0 Å². The van der Waals surface area contributed by atoms with Crippen LogP contribution in [0.4, 0.5) is 0 Å². The van der Waals surface area contributed by atoms with Crippen LogP contribution in [-0.2, 0) is 14.2 Å². The minimum absolute atomic E-state index is 0.0934. The Labute approximate surface area is 213 Å². The number of rotatable bonds is 8. The lowest BCUT2D eigenvalue weighted by atomic mass is 9.58. The number of fused-ring (bicyclic) bond motifs is 3. The van der Waals surface area contributed by atoms with E-state index in [1.165, 1.54) is 16.0 Å². The summed E-state index contributed by atoms with van der Waals surface area (Å²) >= 11 is 6.34. The fourth-order valence-corrected chi connectivity index (χ4v) is 6.45. The average molecular weight is 500 g/mol. The Morgan fingerprint density at radius 2 is 1.97 bits per heavy atom. The monoisotopic (exact) mass is 499 g/mol. The van der Waals surface area contributed by atoms with Crippen LogP contribution in [0, 0.1) is 17.8 Å². The fourth-order valence-electron chi connectivity index (χ4n) is 6.22. The van der Waals surface area contributed by atoms with Gasteiger partial charge < -0.3 is 14.8 Å². The third kappa shape index (κ3) is 5.23. The number of aromatic hydroxyl groups is 1. The van der Waals surface area contributed by atoms with E-state index in [0.29, 0.717) is 24.2 Å². The molecule has 8 heteroatoms. The van der Waals surface area contributed by atoms with Crippen molar-refractivity contribution in [3.05, 3.63) is 45.5 Å². The molecule has 188 valence electrons. The second kappa shape index (κ2) is 10.9. The topological polar surface area (TPSA) is 87.1 Å². The van der Waals surface area contributed by atoms with E-state index in [1.54, 1.807) is 19.2 Å². The lowest BCUT2D eigenvalue weighted by molar-refractivity contribution is -0.138. The number of allylic oxidation sites excluding steroid dienone is 2. The van der Waals surface area contributed by atoms with Gasteiger partial charge in [-0.05, 0) is 73.7 Å². The number of halogens is 1. The molecule has 35 heavy (non-hydrogen) atoms. The van der Waals surface area contributed by atoms with Gasteiger partial charge in [-0.3, -0.25) is 14.5 Å². The molecule has 6 nitrogen and oxygen atoms in total. The summed E-state index contributed by atoms with van der Waals surface area (Å²) in [5.74, 6) is -0.956. The van der Waals surface area contributed by atoms with Gasteiger partial charge in [0.25, 0.3) is 0 Å². The van der Waals surface area contributed by atoms with Crippen LogP contribution in [0.3, 0.4) is 0 Å². The van der Waals surface area contributed by atoms with Crippen LogP contribution in [0.15, 0.2) is 34.9 Å². The molecular formula is C27H35BClNO5. The number of carbonyl (C=O) groups is 2. The van der Waals surface area contributed by atoms with Crippen molar-refractivity contribution in [2.45, 2.75) is 71.2 Å². The number of likely N-dealkylation sites (tertiary alicyclic amines) is 1. The van der Waals surface area contributed by atoms with Crippen LogP contribution < -0.4 is 0 Å². The lowest BCUT2D eigenvalue weighted by Gasteiger charge is -2.43. The molecule has 2 amide bonds. The number of benzene rings is 1. The van der Waals surface area contributed by atoms with E-state index in [-0.39, 0.29) is 35.5 Å². The maximum Gasteiger partial charge on any atom is 0.455 e. The minimum atomic E-state index is -0.950. The molecule has 1 aliphatic carbocycles. The molecular weight excluding hydrogens is 465 g/mol. The molecule has 2 fully saturated rings. The molecule has 2 saturated heterocycles. The van der Waals surface area contributed by atoms with E-state index >= 15 is 0 Å². The molecule has 0 spiro atoms. The standard InChI is InChI=1S/C27H35BClNO5/c1-4-6-16(12-17-9-10-19(31)14-22(17)29)8-11-23-24-18(7-5-2)13-20-25(21(24)15-28(34)35-23)27(33)30(3)26(20)32/h9-10,12,14,20-21,23,25,31,34H,4-8,11,13,15H2,1-3H3/b16-12+/t20-,21+,23-,25-/m1/s1. The summed E-state index contributed by atoms with van der Waals surface area (Å²) < 4.78 is 6.09. The van der Waals surface area contributed by atoms with Crippen LogP contribution in [-0.4, -0.2) is 47.1 Å². The normalized spacial score (nSPS) is 26.9. The molecule has 4 atom stereocenters. The molecule has 0 saturated carbocycles. The summed E-state index contributed by atoms with van der Waals surface area (Å²) in [5, 5.41) is 20.8. The van der Waals surface area contributed by atoms with Crippen LogP contribution in [0.2, 0.25) is 11.3 Å². The predicted octanol–water partition coefficient (Wildman–Crippen LogP) is 5.24. The van der Waals surface area contributed by atoms with E-state index < -0.39 is 13.0 Å². The van der Waals surface area contributed by atoms with Gasteiger partial charge in [0.1, 0.15) is 5.75 Å². The van der Waals surface area contributed by atoms with E-state index in [1.807, 2.05) is 6.07 Å². The number of hydrogen-bond acceptors (Lipinski definition) is 5. The SMILES string of the molecule is CCCC1=C2[C@@H](CC/C(=C/c3ccc(O)cc3Cl)CCC)OB(O)C[C@@H]2[C@@H]2C(=O)N(C)C(=O)[C@@H]2C1. The van der Waals surface area contributed by atoms with E-state index in [4.69, 9.17) is 16.3 Å². The number of nitrogens with zero attached hydrogens (tertiary/aromatic N) is 1. The van der Waals surface area contributed by atoms with Gasteiger partial charge in [0, 0.05) is 7.05 Å². The largest absolute Gasteiger partial charge is 0.508 e. The summed E-state index contributed by atoms with van der Waals surface area (Å²) in [6, 6.07) is 4.98. The Bertz CT molecular complexity index is 1050. The predicted molar refractivity (Wildman–Crippen MR) is 138 cm³/mol. The smallest absolute Gasteiger partial charge is 0.455 e. The van der Waals surface area contributed by atoms with Crippen molar-refractivity contribution < 1.29 is 24.4 Å². The minimum Gasteiger partial charge on any atom is -0.508 e. The van der Waals surface area contributed by atoms with Crippen molar-refractivity contribution in [1.82, 2.24) is 4.90 Å². The van der Waals surface area contributed by atoms with Crippen LogP contribution in [0.5, 0.6) is 5.75 Å². The summed E-state index contributed by atoms with van der Waals surface area (Å²) in [6.07, 6.45) is 7.92. The highest BCUT2D eigenvalue weighted by molar-refractivity contribution is 6.43. The Hall–Kier alpha value is -2.09. The van der Waals surface area contributed by atoms with Gasteiger partial charge in [-0.1, -0.05) is 55.5 Å². The van der Waals surface area contributed by atoms with Crippen molar-refractivity contribution in [2.24, 2.45) is 17.8 Å². The molecule has 2 aliphatic heterocycles. The first kappa shape index (κ1) is 26.0. The summed E-state index contributed by atoms with van der Waals surface area (Å²) in [4.78, 5) is 27.1. The Kier molecular flexibility index (Phi) is 8.09. The quantitative estimate of drug-likeness (QED) is 0.290. The van der Waals surface area contributed by atoms with Crippen LogP contribution in [0.25, 0.3) is 6.08 Å². The number of imide groups is 1. The molecule has 1 aromatic rings. The molecule has 0 bridgehead atoms. The molecule has 4 rings (SSSR count). The Balaban J connectivity index is 1.62. The zero-order chi connectivity index (χ0) is 25.3. The number of hydrogen-bond donors (Lipinski definition) is 2. The van der Waals surface area contributed by atoms with Gasteiger partial charge in [0.15, 0.2) is 0 Å². The van der Waals surface area contributed by atoms with Crippen molar-refractivity contribution >= 4 is 36.6 Å². The second-order valence-corrected chi connectivity index (χ2v) is 10.5. The van der Waals surface area contributed by atoms with Gasteiger partial charge in [-0.2, -0.15) is 0 Å². The zero-order valence-corrected chi connectivity index (χ0v) is 21.6. The molecule has 3 aliphatic rings. The molecule has 0 unspecified atom stereocenters. The molecule has 2 heterocycles.